The second-order valence-corrected chi connectivity index (χ2v) is 37.2. The van der Waals surface area contributed by atoms with E-state index in [4.69, 9.17) is 95.7 Å². The van der Waals surface area contributed by atoms with Gasteiger partial charge >= 0.3 is 23.6 Å². The van der Waals surface area contributed by atoms with E-state index in [1.165, 1.54) is 54.3 Å². The van der Waals surface area contributed by atoms with Crippen molar-refractivity contribution in [2.24, 2.45) is 22.4 Å². The van der Waals surface area contributed by atoms with Crippen molar-refractivity contribution in [3.8, 4) is 5.75 Å². The maximum Gasteiger partial charge on any atom is 0.351 e. The van der Waals surface area contributed by atoms with Crippen LogP contribution in [-0.2, 0) is 83.1 Å². The highest BCUT2D eigenvalue weighted by Crippen LogP contribution is 2.42. The number of guanidine groups is 1. The number of anilines is 3. The summed E-state index contributed by atoms with van der Waals surface area (Å²) in [6.45, 7) is 8.09. The molecule has 0 bridgehead atoms. The molecular formula is C92H123Cl2F2N31O20S2. The molecule has 149 heavy (non-hydrogen) atoms. The number of hydrogen-bond acceptors (Lipinski definition) is 31. The number of carbonyl (C=O) groups is 11. The number of aromatic amines is 6. The van der Waals surface area contributed by atoms with Crippen molar-refractivity contribution in [3.05, 3.63) is 165 Å². The number of urea groups is 1. The summed E-state index contributed by atoms with van der Waals surface area (Å²) in [6, 6.07) is 8.52. The van der Waals surface area contributed by atoms with Crippen molar-refractivity contribution in [2.75, 3.05) is 74.1 Å². The maximum atomic E-state index is 14.8. The fourth-order valence-corrected chi connectivity index (χ4v) is 16.3. The Bertz CT molecular complexity index is 6410. The zero-order valence-corrected chi connectivity index (χ0v) is 84.8. The molecule has 51 nitrogen and oxygen atoms in total. The maximum absolute atomic E-state index is 14.8. The number of aliphatic hydroxyl groups is 4. The van der Waals surface area contributed by atoms with E-state index < -0.39 is 175 Å². The molecule has 12 atom stereocenters. The first-order valence-corrected chi connectivity index (χ1v) is 48.8. The van der Waals surface area contributed by atoms with E-state index in [2.05, 4.69) is 118 Å². The number of aliphatic imine (C=N–C) groups is 1. The number of aliphatic hydroxyl groups excluding tert-OH is 4. The number of alkyl halides is 4. The summed E-state index contributed by atoms with van der Waals surface area (Å²) in [4.78, 5) is 209. The molecule has 0 unspecified atom stereocenters. The molecule has 3 aliphatic heterocycles. The van der Waals surface area contributed by atoms with Crippen molar-refractivity contribution in [2.45, 2.75) is 202 Å². The Kier molecular flexibility index (Phi) is 44.8. The Hall–Kier alpha value is -15.0. The third kappa shape index (κ3) is 35.9. The summed E-state index contributed by atoms with van der Waals surface area (Å²) in [5.74, 6) is -11.8. The van der Waals surface area contributed by atoms with Gasteiger partial charge in [0.1, 0.15) is 87.7 Å². The summed E-state index contributed by atoms with van der Waals surface area (Å²) in [6.07, 6.45) is 6.62. The minimum absolute atomic E-state index is 0.00320. The van der Waals surface area contributed by atoms with Crippen molar-refractivity contribution in [1.29, 1.82) is 5.41 Å². The van der Waals surface area contributed by atoms with Gasteiger partial charge in [-0.2, -0.15) is 13.8 Å². The van der Waals surface area contributed by atoms with Gasteiger partial charge < -0.3 is 145 Å². The number of hydrazine groups is 1. The number of amides is 11. The number of hydrogen-bond donors (Lipinski definition) is 27. The van der Waals surface area contributed by atoms with Gasteiger partial charge in [0.15, 0.2) is 33.9 Å². The number of halogens is 4. The van der Waals surface area contributed by atoms with E-state index >= 15 is 0 Å². The first-order valence-electron chi connectivity index (χ1n) is 46.9. The summed E-state index contributed by atoms with van der Waals surface area (Å²) in [7, 11) is 0. The topological polar surface area (TPSA) is 789 Å². The number of H-pyrrole nitrogens is 6. The van der Waals surface area contributed by atoms with E-state index in [0.717, 1.165) is 48.5 Å². The molecule has 0 spiro atoms. The number of imidazole rings is 3. The number of ether oxygens (including phenoxy) is 2. The van der Waals surface area contributed by atoms with Gasteiger partial charge in [-0.05, 0) is 131 Å². The zero-order valence-electron chi connectivity index (χ0n) is 81.6. The van der Waals surface area contributed by atoms with Gasteiger partial charge in [-0.3, -0.25) is 63.3 Å². The molecular weight excluding hydrogens is 2030 g/mol. The van der Waals surface area contributed by atoms with Crippen molar-refractivity contribution < 1.29 is 102 Å². The second kappa shape index (κ2) is 56.8. The molecule has 2 saturated heterocycles. The molecule has 3 aromatic carbocycles. The molecule has 10 heterocycles. The van der Waals surface area contributed by atoms with Crippen LogP contribution in [0.2, 0.25) is 0 Å². The number of para-hydroxylation sites is 1. The number of nitrogens with one attached hydrogen (secondary N) is 17. The third-order valence-corrected chi connectivity index (χ3v) is 23.9. The molecule has 31 N–H and O–H groups in total. The van der Waals surface area contributed by atoms with E-state index in [9.17, 15) is 86.7 Å². The number of carboxylic acid groups (broad SMARTS) is 1. The summed E-state index contributed by atoms with van der Waals surface area (Å²) in [5, 5.41) is 87.0. The number of aromatic nitrogens is 13. The fraction of sp³-hybridized carbons (Fsp3) is 0.457. The Balaban J connectivity index is 0.000000332. The van der Waals surface area contributed by atoms with E-state index in [0.29, 0.717) is 83.0 Å². The SMILES string of the molecule is CC(C)C[C@H](NC(=O)[C@@H](COC(C)(C)C)NC(=O)[C@H](Cc1ccc(O)cc1)NC(=O)[C@H](CO)NC(=O)[C@H](Cc1c[nH]c2ccccc12)NC(=O)[C@H](Cc1cnc[nH]1)NC(=O)[C@@H]1CCC(O)=N1)C(=O)N[C@@H](CCCNC(=N)N)C(=O)N1CCC[C@H]1C(=O)NNC(N)=O.Nc1ccn([C@@H]2O[C@H](CO)[C@@H](O)C2(F)F)c(=O)n1.Nc1nc(=S)c2[nH]cnc2[nH]1.O=C(O)CCCc1ccc(N(CCCl)CCCl)cc1.S=c1[nH]cnc2nc[nH]c12. The number of aryl methyl sites for hydroxylation is 1. The van der Waals surface area contributed by atoms with Crippen LogP contribution in [0.3, 0.4) is 0 Å². The highest BCUT2D eigenvalue weighted by Gasteiger charge is 2.59. The lowest BCUT2D eigenvalue weighted by Gasteiger charge is -2.31. The average Bonchev–Trinajstić information content (AvgIpc) is 1.61. The lowest BCUT2D eigenvalue weighted by Crippen LogP contribution is -2.62. The van der Waals surface area contributed by atoms with Gasteiger partial charge in [-0.25, -0.2) is 44.9 Å². The van der Waals surface area contributed by atoms with Crippen molar-refractivity contribution in [3.63, 3.8) is 0 Å². The Morgan fingerprint density at radius 2 is 1.32 bits per heavy atom. The summed E-state index contributed by atoms with van der Waals surface area (Å²) >= 11 is 21.4. The molecule has 11 amide bonds. The zero-order chi connectivity index (χ0) is 109. The Morgan fingerprint density at radius 3 is 1.92 bits per heavy atom. The van der Waals surface area contributed by atoms with Gasteiger partial charge in [0.05, 0.1) is 50.7 Å². The van der Waals surface area contributed by atoms with Gasteiger partial charge in [0, 0.05) is 111 Å². The number of likely N-dealkylation sites (tertiary alicyclic amines) is 1. The normalized spacial score (nSPS) is 16.9. The minimum atomic E-state index is -3.71. The number of nitrogen functional groups attached to an aromatic ring is 2. The molecule has 0 radical (unpaired) electrons. The molecule has 7 aromatic heterocycles. The number of nitrogens with two attached hydrogens (primary N) is 4. The number of aromatic hydroxyl groups is 1. The van der Waals surface area contributed by atoms with Crippen LogP contribution in [0.5, 0.6) is 5.75 Å². The van der Waals surface area contributed by atoms with E-state index in [1.807, 2.05) is 29.7 Å². The van der Waals surface area contributed by atoms with Crippen LogP contribution in [0, 0.1) is 20.6 Å². The molecule has 806 valence electrons. The predicted octanol–water partition coefficient (Wildman–Crippen LogP) is 1.65. The number of rotatable bonds is 42. The molecule has 10 aromatic rings. The number of nitrogens with zero attached hydrogens (tertiary/aromatic N) is 10. The first kappa shape index (κ1) is 118. The number of fused-ring (bicyclic) bond motifs is 3. The first-order chi connectivity index (χ1) is 70.9. The van der Waals surface area contributed by atoms with E-state index in [-0.39, 0.29) is 113 Å². The van der Waals surface area contributed by atoms with Gasteiger partial charge in [0.25, 0.3) is 5.91 Å². The lowest BCUT2D eigenvalue weighted by atomic mass is 10.0. The highest BCUT2D eigenvalue weighted by atomic mass is 35.5. The van der Waals surface area contributed by atoms with Gasteiger partial charge in [-0.1, -0.05) is 80.7 Å². The quantitative estimate of drug-likeness (QED) is 0.00646. The summed E-state index contributed by atoms with van der Waals surface area (Å²) in [5.41, 5.74) is 30.6. The van der Waals surface area contributed by atoms with Crippen molar-refractivity contribution in [1.82, 2.24) is 123 Å². The number of carboxylic acids is 1. The van der Waals surface area contributed by atoms with Gasteiger partial charge in [-0.15, -0.1) is 23.2 Å². The number of aliphatic carboxylic acids is 1. The standard InChI is InChI=1S/C59H84N18O14.C14H19Cl2NO2.C9H11F2N3O4.C5H5N5S.C5H4N4S/c1-31(2)22-40(49(82)68-39(12-8-20-64-57(60)61)56(89)77-21-9-13-46(77)55(88)75-76-58(62)90)69-54(87)45(29-91-59(3,4)5)74-50(83)41(23-32-14-16-35(79)17-15-32)70-53(86)44(28-78)73-51(84)42(24-33-26-65-37-11-7-6-10-36(33)37)71-52(85)43(25-34-27-63-30-66-34)72-48(81)38-18-19-47(80)67-38;15-8-10-17(11-9-16)13-6-4-12(5-7-13)2-1-3-14(18)19;10-9(11)6(16)4(3-15)18-7(9)14-2-1-5(12)13-8(14)17;6-5-9-3-2(4(11)10-5)7-1-8-3;10-5-3-4(7-1-6-3)8-2-9-5/h6-7,10-11,14-17,26-27,30-31,38-46,65,78-79H,8-9,12-13,18-25,28-29H2,1-5H3,(H,63,66)(H,67,80)(H,68,82)(H,69,87)(H,70,86)(H,71,85)(H,72,81)(H,73,84)(H,74,83)(H,75,88)(H4,60,61,64)(H3,62,76,90);4-7H,1-3,8-11H2,(H,18,19);1-2,4,6-7,15-16H,3H2,(H2,12,13,17);1H,(H4,6,7,8,9,10,11);1-2H,(H2,6,7,8,9,10)/t38-,39-,40-,41-,42-,43-,44-,45+,46-;;4-,6-,7-;;/m0.1../s1. The Morgan fingerprint density at radius 1 is 0.705 bits per heavy atom. The van der Waals surface area contributed by atoms with Gasteiger partial charge in [0.2, 0.25) is 59.4 Å². The third-order valence-electron chi connectivity index (χ3n) is 22.9. The molecule has 13 rings (SSSR count). The Labute approximate surface area is 869 Å². The highest BCUT2D eigenvalue weighted by molar-refractivity contribution is 7.71. The number of primary amides is 1. The predicted molar refractivity (Wildman–Crippen MR) is 548 cm³/mol. The molecule has 0 aliphatic carbocycles. The number of phenols is 1. The van der Waals surface area contributed by atoms with Crippen LogP contribution in [-0.4, -0.2) is 313 Å². The molecule has 3 aliphatic rings. The molecule has 0 saturated carbocycles. The molecule has 57 heteroatoms. The summed E-state index contributed by atoms with van der Waals surface area (Å²) < 4.78 is 39.8. The number of carbonyl (C=O) groups excluding carboxylic acids is 10. The fourth-order valence-electron chi connectivity index (χ4n) is 15.5. The van der Waals surface area contributed by atoms with Crippen molar-refractivity contribution >= 4 is 175 Å². The largest absolute Gasteiger partial charge is 0.508 e. The van der Waals surface area contributed by atoms with Crippen LogP contribution in [0.1, 0.15) is 121 Å². The van der Waals surface area contributed by atoms with Crippen LogP contribution in [0.15, 0.2) is 133 Å². The lowest BCUT2D eigenvalue weighted by molar-refractivity contribution is -0.142. The average molecular weight is 2160 g/mol. The monoisotopic (exact) mass is 2150 g/mol. The van der Waals surface area contributed by atoms with Crippen LogP contribution in [0.25, 0.3) is 33.2 Å². The van der Waals surface area contributed by atoms with Crippen LogP contribution in [0.4, 0.5) is 31.0 Å². The minimum Gasteiger partial charge on any atom is -0.508 e. The van der Waals surface area contributed by atoms with Crippen LogP contribution >= 0.6 is 47.6 Å². The van der Waals surface area contributed by atoms with Crippen LogP contribution < -0.4 is 86.9 Å². The van der Waals surface area contributed by atoms with E-state index in [1.54, 1.807) is 71.4 Å². The number of benzene rings is 3. The number of phenolic OH excluding ortho intramolecular Hbond substituents is 1. The smallest absolute Gasteiger partial charge is 0.351 e. The second-order valence-electron chi connectivity index (χ2n) is 35.7. The molecule has 2 fully saturated rings.